The lowest BCUT2D eigenvalue weighted by Gasteiger charge is -2.24. The summed E-state index contributed by atoms with van der Waals surface area (Å²) in [7, 11) is 1.60. The van der Waals surface area contributed by atoms with E-state index < -0.39 is 0 Å². The standard InChI is InChI=1S/C16H22N2O3.ClH/c1-20-14-4-2-3-5-15(14)21-11-16(19)18-9-8-12-6-7-13(10-18)17-12;/h2-5,12-13,17H,6-11H2,1H3;1H. The van der Waals surface area contributed by atoms with E-state index in [0.717, 1.165) is 19.5 Å². The number of methoxy groups -OCH3 is 1. The summed E-state index contributed by atoms with van der Waals surface area (Å²) in [6, 6.07) is 8.43. The first kappa shape index (κ1) is 16.9. The summed E-state index contributed by atoms with van der Waals surface area (Å²) in [6.07, 6.45) is 3.45. The van der Waals surface area contributed by atoms with Gasteiger partial charge in [-0.1, -0.05) is 12.1 Å². The normalized spacial score (nSPS) is 23.4. The molecule has 3 rings (SSSR count). The number of carbonyl (C=O) groups excluding carboxylic acids is 1. The van der Waals surface area contributed by atoms with Gasteiger partial charge in [-0.05, 0) is 31.4 Å². The number of amides is 1. The van der Waals surface area contributed by atoms with E-state index in [0.29, 0.717) is 23.6 Å². The number of para-hydroxylation sites is 2. The zero-order valence-corrected chi connectivity index (χ0v) is 13.6. The molecule has 0 radical (unpaired) electrons. The molecular weight excluding hydrogens is 304 g/mol. The molecule has 2 fully saturated rings. The van der Waals surface area contributed by atoms with Gasteiger partial charge in [0.15, 0.2) is 18.1 Å². The molecule has 0 saturated carbocycles. The molecule has 0 aliphatic carbocycles. The molecule has 0 spiro atoms. The van der Waals surface area contributed by atoms with Crippen molar-refractivity contribution >= 4 is 18.3 Å². The van der Waals surface area contributed by atoms with E-state index in [1.54, 1.807) is 7.11 Å². The number of hydrogen-bond acceptors (Lipinski definition) is 4. The molecule has 2 atom stereocenters. The Morgan fingerprint density at radius 1 is 1.23 bits per heavy atom. The Bertz CT molecular complexity index is 512. The van der Waals surface area contributed by atoms with Crippen LogP contribution in [0.25, 0.3) is 0 Å². The Balaban J connectivity index is 0.00000176. The van der Waals surface area contributed by atoms with Gasteiger partial charge < -0.3 is 19.7 Å². The Morgan fingerprint density at radius 3 is 2.73 bits per heavy atom. The fraction of sp³-hybridized carbons (Fsp3) is 0.562. The lowest BCUT2D eigenvalue weighted by atomic mass is 10.1. The minimum absolute atomic E-state index is 0. The number of fused-ring (bicyclic) bond motifs is 2. The maximum absolute atomic E-state index is 12.3. The third kappa shape index (κ3) is 3.84. The van der Waals surface area contributed by atoms with E-state index in [2.05, 4.69) is 5.32 Å². The molecule has 2 unspecified atom stereocenters. The average Bonchev–Trinajstić information content (AvgIpc) is 2.84. The first-order valence-corrected chi connectivity index (χ1v) is 7.56. The Labute approximate surface area is 137 Å². The minimum atomic E-state index is 0. The highest BCUT2D eigenvalue weighted by molar-refractivity contribution is 5.85. The molecule has 22 heavy (non-hydrogen) atoms. The summed E-state index contributed by atoms with van der Waals surface area (Å²) in [6.45, 7) is 1.69. The number of carbonyl (C=O) groups is 1. The molecule has 1 N–H and O–H groups in total. The van der Waals surface area contributed by atoms with Gasteiger partial charge >= 0.3 is 0 Å². The molecule has 2 bridgehead atoms. The van der Waals surface area contributed by atoms with Crippen LogP contribution in [-0.4, -0.2) is 49.7 Å². The number of halogens is 1. The smallest absolute Gasteiger partial charge is 0.260 e. The zero-order valence-electron chi connectivity index (χ0n) is 12.8. The van der Waals surface area contributed by atoms with Crippen LogP contribution in [0.4, 0.5) is 0 Å². The summed E-state index contributed by atoms with van der Waals surface area (Å²) >= 11 is 0. The van der Waals surface area contributed by atoms with E-state index >= 15 is 0 Å². The van der Waals surface area contributed by atoms with Crippen LogP contribution in [0, 0.1) is 0 Å². The summed E-state index contributed by atoms with van der Waals surface area (Å²) in [4.78, 5) is 14.3. The van der Waals surface area contributed by atoms with Crippen molar-refractivity contribution in [3.05, 3.63) is 24.3 Å². The maximum Gasteiger partial charge on any atom is 0.260 e. The Kier molecular flexibility index (Phi) is 5.91. The number of likely N-dealkylation sites (tertiary alicyclic amines) is 1. The van der Waals surface area contributed by atoms with Crippen molar-refractivity contribution in [3.8, 4) is 11.5 Å². The lowest BCUT2D eigenvalue weighted by molar-refractivity contribution is -0.133. The van der Waals surface area contributed by atoms with Crippen LogP contribution in [0.3, 0.4) is 0 Å². The third-order valence-corrected chi connectivity index (χ3v) is 4.30. The first-order chi connectivity index (χ1) is 10.3. The van der Waals surface area contributed by atoms with Crippen LogP contribution < -0.4 is 14.8 Å². The van der Waals surface area contributed by atoms with Gasteiger partial charge in [0.2, 0.25) is 0 Å². The molecule has 5 nitrogen and oxygen atoms in total. The molecule has 6 heteroatoms. The second-order valence-corrected chi connectivity index (χ2v) is 5.71. The van der Waals surface area contributed by atoms with Gasteiger partial charge in [-0.25, -0.2) is 0 Å². The molecule has 2 heterocycles. The van der Waals surface area contributed by atoms with Crippen molar-refractivity contribution in [1.82, 2.24) is 10.2 Å². The number of nitrogens with zero attached hydrogens (tertiary/aromatic N) is 1. The summed E-state index contributed by atoms with van der Waals surface area (Å²) < 4.78 is 10.9. The van der Waals surface area contributed by atoms with Gasteiger partial charge in [-0.15, -0.1) is 12.4 Å². The maximum atomic E-state index is 12.3. The van der Waals surface area contributed by atoms with E-state index in [-0.39, 0.29) is 24.9 Å². The Morgan fingerprint density at radius 2 is 1.95 bits per heavy atom. The molecular formula is C16H23ClN2O3. The van der Waals surface area contributed by atoms with Crippen molar-refractivity contribution in [2.45, 2.75) is 31.3 Å². The van der Waals surface area contributed by atoms with Crippen LogP contribution in [0.5, 0.6) is 11.5 Å². The van der Waals surface area contributed by atoms with Crippen LogP contribution >= 0.6 is 12.4 Å². The van der Waals surface area contributed by atoms with Crippen LogP contribution in [0.1, 0.15) is 19.3 Å². The quantitative estimate of drug-likeness (QED) is 0.917. The average molecular weight is 327 g/mol. The molecule has 1 amide bonds. The lowest BCUT2D eigenvalue weighted by Crippen LogP contribution is -2.41. The summed E-state index contributed by atoms with van der Waals surface area (Å²) in [5.41, 5.74) is 0. The highest BCUT2D eigenvalue weighted by Crippen LogP contribution is 2.26. The first-order valence-electron chi connectivity index (χ1n) is 7.56. The van der Waals surface area contributed by atoms with E-state index in [1.165, 1.54) is 12.8 Å². The van der Waals surface area contributed by atoms with Gasteiger partial charge in [0, 0.05) is 25.2 Å². The molecule has 1 aromatic rings. The van der Waals surface area contributed by atoms with Gasteiger partial charge in [0.1, 0.15) is 0 Å². The number of rotatable bonds is 4. The third-order valence-electron chi connectivity index (χ3n) is 4.30. The van der Waals surface area contributed by atoms with Crippen molar-refractivity contribution in [3.63, 3.8) is 0 Å². The fourth-order valence-corrected chi connectivity index (χ4v) is 3.14. The number of benzene rings is 1. The number of ether oxygens (including phenoxy) is 2. The highest BCUT2D eigenvalue weighted by atomic mass is 35.5. The van der Waals surface area contributed by atoms with E-state index in [9.17, 15) is 4.79 Å². The molecule has 2 saturated heterocycles. The van der Waals surface area contributed by atoms with Crippen LogP contribution in [-0.2, 0) is 4.79 Å². The SMILES string of the molecule is COc1ccccc1OCC(=O)N1CCC2CCC(C1)N2.Cl. The number of nitrogens with one attached hydrogen (secondary N) is 1. The van der Waals surface area contributed by atoms with Crippen molar-refractivity contribution in [2.24, 2.45) is 0 Å². The largest absolute Gasteiger partial charge is 0.493 e. The predicted molar refractivity (Wildman–Crippen MR) is 86.9 cm³/mol. The predicted octanol–water partition coefficient (Wildman–Crippen LogP) is 1.85. The van der Waals surface area contributed by atoms with Gasteiger partial charge in [-0.3, -0.25) is 4.79 Å². The van der Waals surface area contributed by atoms with Gasteiger partial charge in [0.25, 0.3) is 5.91 Å². The molecule has 122 valence electrons. The van der Waals surface area contributed by atoms with Gasteiger partial charge in [0.05, 0.1) is 7.11 Å². The van der Waals surface area contributed by atoms with Crippen molar-refractivity contribution in [2.75, 3.05) is 26.8 Å². The second-order valence-electron chi connectivity index (χ2n) is 5.71. The topological polar surface area (TPSA) is 50.8 Å². The fourth-order valence-electron chi connectivity index (χ4n) is 3.14. The van der Waals surface area contributed by atoms with Crippen molar-refractivity contribution in [1.29, 1.82) is 0 Å². The summed E-state index contributed by atoms with van der Waals surface area (Å²) in [5, 5.41) is 3.57. The minimum Gasteiger partial charge on any atom is -0.493 e. The molecule has 2 aliphatic rings. The molecule has 0 aromatic heterocycles. The Hall–Kier alpha value is -1.46. The molecule has 2 aliphatic heterocycles. The zero-order chi connectivity index (χ0) is 14.7. The monoisotopic (exact) mass is 326 g/mol. The molecule has 1 aromatic carbocycles. The summed E-state index contributed by atoms with van der Waals surface area (Å²) in [5.74, 6) is 1.32. The van der Waals surface area contributed by atoms with E-state index in [4.69, 9.17) is 9.47 Å². The second kappa shape index (κ2) is 7.70. The highest BCUT2D eigenvalue weighted by Gasteiger charge is 2.31. The van der Waals surface area contributed by atoms with Crippen molar-refractivity contribution < 1.29 is 14.3 Å². The van der Waals surface area contributed by atoms with Crippen LogP contribution in [0.2, 0.25) is 0 Å². The number of hydrogen-bond donors (Lipinski definition) is 1. The van der Waals surface area contributed by atoms with Crippen LogP contribution in [0.15, 0.2) is 24.3 Å². The van der Waals surface area contributed by atoms with Gasteiger partial charge in [-0.2, -0.15) is 0 Å². The van der Waals surface area contributed by atoms with E-state index in [1.807, 2.05) is 29.2 Å².